The smallest absolute Gasteiger partial charge is 0.116 e. The van der Waals surface area contributed by atoms with Crippen molar-refractivity contribution < 1.29 is 0 Å². The third-order valence-corrected chi connectivity index (χ3v) is 2.95. The normalized spacial score (nSPS) is 14.8. The standard InChI is InChI=1S/C9H24N2Si/c1-6-7-10-9(2)8-11-12(3,4)5/h9-11H,6-8H2,1-5H3. The lowest BCUT2D eigenvalue weighted by Gasteiger charge is -2.22. The maximum atomic E-state index is 3.61. The molecule has 0 aliphatic rings. The molecular formula is C9H24N2Si. The summed E-state index contributed by atoms with van der Waals surface area (Å²) < 4.78 is 0. The van der Waals surface area contributed by atoms with Crippen LogP contribution in [0.4, 0.5) is 0 Å². The van der Waals surface area contributed by atoms with Gasteiger partial charge in [0.25, 0.3) is 0 Å². The van der Waals surface area contributed by atoms with E-state index in [0.29, 0.717) is 6.04 Å². The zero-order valence-electron chi connectivity index (χ0n) is 9.20. The first kappa shape index (κ1) is 12.1. The van der Waals surface area contributed by atoms with Gasteiger partial charge in [0.1, 0.15) is 8.24 Å². The van der Waals surface area contributed by atoms with Crippen molar-refractivity contribution in [2.24, 2.45) is 0 Å². The molecule has 0 saturated heterocycles. The van der Waals surface area contributed by atoms with Crippen LogP contribution in [0.25, 0.3) is 0 Å². The zero-order valence-corrected chi connectivity index (χ0v) is 10.2. The van der Waals surface area contributed by atoms with Crippen molar-refractivity contribution >= 4 is 8.24 Å². The van der Waals surface area contributed by atoms with Gasteiger partial charge in [-0.15, -0.1) is 0 Å². The molecule has 0 rings (SSSR count). The van der Waals surface area contributed by atoms with Gasteiger partial charge in [0.2, 0.25) is 0 Å². The lowest BCUT2D eigenvalue weighted by atomic mass is 10.3. The van der Waals surface area contributed by atoms with Crippen molar-refractivity contribution in [2.45, 2.75) is 46.0 Å². The molecule has 74 valence electrons. The van der Waals surface area contributed by atoms with Crippen LogP contribution in [0.1, 0.15) is 20.3 Å². The first-order valence-electron chi connectivity index (χ1n) is 4.94. The minimum atomic E-state index is -1.05. The van der Waals surface area contributed by atoms with E-state index in [1.54, 1.807) is 0 Å². The number of rotatable bonds is 6. The van der Waals surface area contributed by atoms with Gasteiger partial charge in [-0.25, -0.2) is 0 Å². The van der Waals surface area contributed by atoms with Crippen molar-refractivity contribution in [3.63, 3.8) is 0 Å². The van der Waals surface area contributed by atoms with E-state index in [1.807, 2.05) is 0 Å². The summed E-state index contributed by atoms with van der Waals surface area (Å²) in [6, 6.07) is 0.608. The van der Waals surface area contributed by atoms with Gasteiger partial charge in [-0.05, 0) is 19.9 Å². The fourth-order valence-electron chi connectivity index (χ4n) is 0.922. The van der Waals surface area contributed by atoms with Crippen LogP contribution in [0.5, 0.6) is 0 Å². The van der Waals surface area contributed by atoms with E-state index in [0.717, 1.165) is 13.1 Å². The first-order valence-corrected chi connectivity index (χ1v) is 8.44. The second-order valence-corrected chi connectivity index (χ2v) is 9.34. The predicted molar refractivity (Wildman–Crippen MR) is 59.1 cm³/mol. The first-order chi connectivity index (χ1) is 5.45. The fraction of sp³-hybridized carbons (Fsp3) is 1.00. The van der Waals surface area contributed by atoms with Crippen LogP contribution in [0.15, 0.2) is 0 Å². The van der Waals surface area contributed by atoms with E-state index >= 15 is 0 Å². The molecule has 0 fully saturated rings. The van der Waals surface area contributed by atoms with Crippen molar-refractivity contribution in [1.82, 2.24) is 10.3 Å². The summed E-state index contributed by atoms with van der Waals surface area (Å²) in [5.74, 6) is 0. The highest BCUT2D eigenvalue weighted by molar-refractivity contribution is 6.73. The Hall–Kier alpha value is 0.137. The van der Waals surface area contributed by atoms with Gasteiger partial charge in [0.05, 0.1) is 0 Å². The second kappa shape index (κ2) is 5.73. The number of hydrogen-bond donors (Lipinski definition) is 2. The molecule has 0 aromatic rings. The quantitative estimate of drug-likeness (QED) is 0.621. The summed E-state index contributed by atoms with van der Waals surface area (Å²) in [6.07, 6.45) is 1.22. The second-order valence-electron chi connectivity index (χ2n) is 4.49. The molecule has 0 amide bonds. The predicted octanol–water partition coefficient (Wildman–Crippen LogP) is 1.80. The van der Waals surface area contributed by atoms with E-state index in [9.17, 15) is 0 Å². The third kappa shape index (κ3) is 8.24. The molecular weight excluding hydrogens is 164 g/mol. The van der Waals surface area contributed by atoms with Crippen molar-refractivity contribution in [3.8, 4) is 0 Å². The van der Waals surface area contributed by atoms with Crippen molar-refractivity contribution in [1.29, 1.82) is 0 Å². The van der Waals surface area contributed by atoms with Crippen LogP contribution in [0.3, 0.4) is 0 Å². The summed E-state index contributed by atoms with van der Waals surface area (Å²) in [5.41, 5.74) is 0. The highest BCUT2D eigenvalue weighted by atomic mass is 28.3. The molecule has 2 N–H and O–H groups in total. The molecule has 0 saturated carbocycles. The minimum absolute atomic E-state index is 0.608. The third-order valence-electron chi connectivity index (χ3n) is 1.68. The maximum absolute atomic E-state index is 3.61. The average Bonchev–Trinajstić information content (AvgIpc) is 1.95. The van der Waals surface area contributed by atoms with Crippen LogP contribution >= 0.6 is 0 Å². The molecule has 1 unspecified atom stereocenters. The number of nitrogens with one attached hydrogen (secondary N) is 2. The summed E-state index contributed by atoms with van der Waals surface area (Å²) in [4.78, 5) is 3.61. The molecule has 0 aliphatic carbocycles. The van der Waals surface area contributed by atoms with Gasteiger partial charge in [0, 0.05) is 12.6 Å². The molecule has 3 heteroatoms. The van der Waals surface area contributed by atoms with E-state index < -0.39 is 8.24 Å². The Morgan fingerprint density at radius 2 is 1.83 bits per heavy atom. The Bertz CT molecular complexity index is 110. The molecule has 0 bridgehead atoms. The molecule has 0 heterocycles. The van der Waals surface area contributed by atoms with Crippen LogP contribution in [0.2, 0.25) is 19.6 Å². The van der Waals surface area contributed by atoms with Crippen LogP contribution < -0.4 is 10.3 Å². The highest BCUT2D eigenvalue weighted by Crippen LogP contribution is 1.94. The van der Waals surface area contributed by atoms with Crippen LogP contribution in [-0.4, -0.2) is 27.4 Å². The molecule has 0 aromatic carbocycles. The molecule has 0 radical (unpaired) electrons. The van der Waals surface area contributed by atoms with Gasteiger partial charge in [-0.3, -0.25) is 0 Å². The monoisotopic (exact) mass is 188 g/mol. The van der Waals surface area contributed by atoms with Gasteiger partial charge < -0.3 is 10.3 Å². The lowest BCUT2D eigenvalue weighted by molar-refractivity contribution is 0.537. The minimum Gasteiger partial charge on any atom is -0.336 e. The summed E-state index contributed by atoms with van der Waals surface area (Å²) in [6.45, 7) is 13.7. The van der Waals surface area contributed by atoms with Gasteiger partial charge >= 0.3 is 0 Å². The Kier molecular flexibility index (Phi) is 5.79. The zero-order chi connectivity index (χ0) is 9.61. The molecule has 2 nitrogen and oxygen atoms in total. The van der Waals surface area contributed by atoms with E-state index in [1.165, 1.54) is 6.42 Å². The van der Waals surface area contributed by atoms with Crippen LogP contribution in [-0.2, 0) is 0 Å². The van der Waals surface area contributed by atoms with Gasteiger partial charge in [-0.1, -0.05) is 26.6 Å². The van der Waals surface area contributed by atoms with Gasteiger partial charge in [-0.2, -0.15) is 0 Å². The largest absolute Gasteiger partial charge is 0.336 e. The highest BCUT2D eigenvalue weighted by Gasteiger charge is 2.12. The lowest BCUT2D eigenvalue weighted by Crippen LogP contribution is -2.48. The Morgan fingerprint density at radius 3 is 2.25 bits per heavy atom. The molecule has 1 atom stereocenters. The molecule has 0 aromatic heterocycles. The van der Waals surface area contributed by atoms with Crippen LogP contribution in [0, 0.1) is 0 Å². The molecule has 0 spiro atoms. The Morgan fingerprint density at radius 1 is 1.25 bits per heavy atom. The van der Waals surface area contributed by atoms with E-state index in [2.05, 4.69) is 43.8 Å². The van der Waals surface area contributed by atoms with Crippen molar-refractivity contribution in [2.75, 3.05) is 13.1 Å². The van der Waals surface area contributed by atoms with Gasteiger partial charge in [0.15, 0.2) is 0 Å². The topological polar surface area (TPSA) is 24.1 Å². The molecule has 0 aliphatic heterocycles. The molecule has 12 heavy (non-hydrogen) atoms. The Balaban J connectivity index is 3.37. The maximum Gasteiger partial charge on any atom is 0.116 e. The summed E-state index contributed by atoms with van der Waals surface area (Å²) >= 11 is 0. The number of hydrogen-bond acceptors (Lipinski definition) is 2. The van der Waals surface area contributed by atoms with E-state index in [-0.39, 0.29) is 0 Å². The fourth-order valence-corrected chi connectivity index (χ4v) is 1.84. The van der Waals surface area contributed by atoms with E-state index in [4.69, 9.17) is 0 Å². The Labute approximate surface area is 78.2 Å². The summed E-state index contributed by atoms with van der Waals surface area (Å²) in [5, 5.41) is 3.46. The average molecular weight is 188 g/mol. The van der Waals surface area contributed by atoms with Crippen molar-refractivity contribution in [3.05, 3.63) is 0 Å². The summed E-state index contributed by atoms with van der Waals surface area (Å²) in [7, 11) is -1.05. The SMILES string of the molecule is CCCNC(C)CN[Si](C)(C)C.